The first-order chi connectivity index (χ1) is 12.4. The first kappa shape index (κ1) is 17.8. The minimum absolute atomic E-state index is 0.0206. The molecule has 0 amide bonds. The standard InChI is InChI=1S/C18H15N3O4S/c1-26(24,25)14-6-4-12(5-7-14)18(23)17-16(11-22)21-15(10-20-17)13-3-2-8-19-9-13/h2-10,22H,11H2,1H3. The van der Waals surface area contributed by atoms with Crippen LogP contribution in [0.25, 0.3) is 11.3 Å². The average molecular weight is 369 g/mol. The van der Waals surface area contributed by atoms with Gasteiger partial charge in [0.15, 0.2) is 9.84 Å². The molecule has 132 valence electrons. The lowest BCUT2D eigenvalue weighted by Crippen LogP contribution is -2.11. The van der Waals surface area contributed by atoms with Gasteiger partial charge in [-0.15, -0.1) is 0 Å². The quantitative estimate of drug-likeness (QED) is 0.681. The van der Waals surface area contributed by atoms with Gasteiger partial charge in [-0.1, -0.05) is 0 Å². The molecule has 0 aliphatic carbocycles. The Bertz CT molecular complexity index is 1050. The molecule has 3 rings (SSSR count). The topological polar surface area (TPSA) is 110 Å². The van der Waals surface area contributed by atoms with E-state index >= 15 is 0 Å². The zero-order chi connectivity index (χ0) is 18.7. The normalized spacial score (nSPS) is 11.3. The van der Waals surface area contributed by atoms with Crippen LogP contribution >= 0.6 is 0 Å². The van der Waals surface area contributed by atoms with Crippen LogP contribution in [0.1, 0.15) is 21.7 Å². The molecule has 3 aromatic rings. The number of rotatable bonds is 5. The summed E-state index contributed by atoms with van der Waals surface area (Å²) in [5.74, 6) is -0.445. The molecule has 0 saturated heterocycles. The lowest BCUT2D eigenvalue weighted by molar-refractivity contribution is 0.103. The summed E-state index contributed by atoms with van der Waals surface area (Å²) in [6, 6.07) is 9.09. The van der Waals surface area contributed by atoms with Crippen LogP contribution in [-0.2, 0) is 16.4 Å². The minimum Gasteiger partial charge on any atom is -0.390 e. The van der Waals surface area contributed by atoms with Gasteiger partial charge in [0.25, 0.3) is 0 Å². The number of benzene rings is 1. The van der Waals surface area contributed by atoms with Gasteiger partial charge in [-0.2, -0.15) is 0 Å². The van der Waals surface area contributed by atoms with Crippen LogP contribution in [-0.4, -0.2) is 40.5 Å². The van der Waals surface area contributed by atoms with Crippen LogP contribution in [0.5, 0.6) is 0 Å². The Morgan fingerprint density at radius 1 is 1.12 bits per heavy atom. The van der Waals surface area contributed by atoms with E-state index in [1.807, 2.05) is 0 Å². The van der Waals surface area contributed by atoms with Gasteiger partial charge < -0.3 is 5.11 Å². The summed E-state index contributed by atoms with van der Waals surface area (Å²) in [6.07, 6.45) is 5.77. The molecule has 0 spiro atoms. The van der Waals surface area contributed by atoms with Gasteiger partial charge in [0.1, 0.15) is 5.69 Å². The summed E-state index contributed by atoms with van der Waals surface area (Å²) in [5.41, 5.74) is 1.63. The molecule has 26 heavy (non-hydrogen) atoms. The number of aliphatic hydroxyl groups is 1. The van der Waals surface area contributed by atoms with Gasteiger partial charge in [0, 0.05) is 29.8 Å². The molecular weight excluding hydrogens is 354 g/mol. The van der Waals surface area contributed by atoms with E-state index in [4.69, 9.17) is 0 Å². The molecule has 0 aliphatic rings. The molecule has 0 atom stereocenters. The van der Waals surface area contributed by atoms with E-state index in [-0.39, 0.29) is 21.8 Å². The molecule has 2 heterocycles. The summed E-state index contributed by atoms with van der Waals surface area (Å²) in [6.45, 7) is -0.455. The Hall–Kier alpha value is -2.97. The molecule has 0 fully saturated rings. The monoisotopic (exact) mass is 369 g/mol. The molecule has 8 heteroatoms. The smallest absolute Gasteiger partial charge is 0.213 e. The fourth-order valence-corrected chi connectivity index (χ4v) is 3.00. The second-order valence-electron chi connectivity index (χ2n) is 5.58. The number of hydrogen-bond donors (Lipinski definition) is 1. The van der Waals surface area contributed by atoms with Gasteiger partial charge in [-0.25, -0.2) is 18.4 Å². The van der Waals surface area contributed by atoms with Crippen LogP contribution in [0.2, 0.25) is 0 Å². The Kier molecular flexibility index (Phi) is 4.88. The molecule has 0 saturated carbocycles. The minimum atomic E-state index is -3.34. The summed E-state index contributed by atoms with van der Waals surface area (Å²) >= 11 is 0. The lowest BCUT2D eigenvalue weighted by Gasteiger charge is -2.08. The lowest BCUT2D eigenvalue weighted by atomic mass is 10.1. The molecule has 0 bridgehead atoms. The summed E-state index contributed by atoms with van der Waals surface area (Å²) in [5, 5.41) is 9.59. The van der Waals surface area contributed by atoms with Crippen molar-refractivity contribution in [2.75, 3.05) is 6.26 Å². The molecule has 0 radical (unpaired) electrons. The number of pyridine rings is 1. The third-order valence-corrected chi connectivity index (χ3v) is 4.84. The van der Waals surface area contributed by atoms with Crippen LogP contribution in [0.15, 0.2) is 59.9 Å². The molecular formula is C18H15N3O4S. The third-order valence-electron chi connectivity index (χ3n) is 3.71. The van der Waals surface area contributed by atoms with Crippen molar-refractivity contribution in [3.8, 4) is 11.3 Å². The molecule has 7 nitrogen and oxygen atoms in total. The zero-order valence-corrected chi connectivity index (χ0v) is 14.6. The summed E-state index contributed by atoms with van der Waals surface area (Å²) in [4.78, 5) is 25.2. The van der Waals surface area contributed by atoms with Gasteiger partial charge in [-0.3, -0.25) is 9.78 Å². The van der Waals surface area contributed by atoms with Crippen molar-refractivity contribution < 1.29 is 18.3 Å². The summed E-state index contributed by atoms with van der Waals surface area (Å²) in [7, 11) is -3.34. The Labute approximate surface area is 150 Å². The second-order valence-corrected chi connectivity index (χ2v) is 7.59. The average Bonchev–Trinajstić information content (AvgIpc) is 2.67. The molecule has 1 aromatic carbocycles. The predicted octanol–water partition coefficient (Wildman–Crippen LogP) is 1.67. The Morgan fingerprint density at radius 3 is 2.42 bits per heavy atom. The van der Waals surface area contributed by atoms with Gasteiger partial charge in [0.05, 0.1) is 29.1 Å². The third kappa shape index (κ3) is 3.66. The largest absolute Gasteiger partial charge is 0.390 e. The SMILES string of the molecule is CS(=O)(=O)c1ccc(C(=O)c2ncc(-c3cccnc3)nc2CO)cc1. The van der Waals surface area contributed by atoms with Crippen molar-refractivity contribution in [1.82, 2.24) is 15.0 Å². The van der Waals surface area contributed by atoms with E-state index in [0.29, 0.717) is 11.3 Å². The van der Waals surface area contributed by atoms with Crippen molar-refractivity contribution in [2.45, 2.75) is 11.5 Å². The molecule has 1 N–H and O–H groups in total. The highest BCUT2D eigenvalue weighted by molar-refractivity contribution is 7.90. The maximum absolute atomic E-state index is 12.7. The van der Waals surface area contributed by atoms with E-state index in [9.17, 15) is 18.3 Å². The maximum Gasteiger partial charge on any atom is 0.213 e. The number of carbonyl (C=O) groups excluding carboxylic acids is 1. The van der Waals surface area contributed by atoms with Crippen molar-refractivity contribution in [3.63, 3.8) is 0 Å². The van der Waals surface area contributed by atoms with Crippen molar-refractivity contribution in [2.24, 2.45) is 0 Å². The van der Waals surface area contributed by atoms with Crippen LogP contribution in [0, 0.1) is 0 Å². The number of aliphatic hydroxyl groups excluding tert-OH is 1. The Morgan fingerprint density at radius 2 is 1.85 bits per heavy atom. The van der Waals surface area contributed by atoms with E-state index in [2.05, 4.69) is 15.0 Å². The number of nitrogens with zero attached hydrogens (tertiary/aromatic N) is 3. The molecule has 0 aliphatic heterocycles. The van der Waals surface area contributed by atoms with Gasteiger partial charge in [0.2, 0.25) is 5.78 Å². The van der Waals surface area contributed by atoms with Crippen LogP contribution < -0.4 is 0 Å². The van der Waals surface area contributed by atoms with Crippen molar-refractivity contribution in [1.29, 1.82) is 0 Å². The first-order valence-electron chi connectivity index (χ1n) is 7.62. The summed E-state index contributed by atoms with van der Waals surface area (Å²) < 4.78 is 23.0. The van der Waals surface area contributed by atoms with Crippen LogP contribution in [0.4, 0.5) is 0 Å². The number of aromatic nitrogens is 3. The molecule has 2 aromatic heterocycles. The first-order valence-corrected chi connectivity index (χ1v) is 9.51. The van der Waals surface area contributed by atoms with E-state index < -0.39 is 22.2 Å². The predicted molar refractivity (Wildman–Crippen MR) is 94.2 cm³/mol. The highest BCUT2D eigenvalue weighted by Crippen LogP contribution is 2.19. The van der Waals surface area contributed by atoms with E-state index in [1.54, 1.807) is 24.5 Å². The van der Waals surface area contributed by atoms with Gasteiger partial charge in [-0.05, 0) is 36.4 Å². The zero-order valence-electron chi connectivity index (χ0n) is 13.8. The van der Waals surface area contributed by atoms with Crippen LogP contribution in [0.3, 0.4) is 0 Å². The highest BCUT2D eigenvalue weighted by Gasteiger charge is 2.18. The Balaban J connectivity index is 1.97. The van der Waals surface area contributed by atoms with E-state index in [0.717, 1.165) is 6.26 Å². The van der Waals surface area contributed by atoms with Gasteiger partial charge >= 0.3 is 0 Å². The number of sulfone groups is 1. The fraction of sp³-hybridized carbons (Fsp3) is 0.111. The fourth-order valence-electron chi connectivity index (χ4n) is 2.37. The van der Waals surface area contributed by atoms with Crippen molar-refractivity contribution >= 4 is 15.6 Å². The second kappa shape index (κ2) is 7.11. The van der Waals surface area contributed by atoms with E-state index in [1.165, 1.54) is 30.5 Å². The number of ketones is 1. The maximum atomic E-state index is 12.7. The molecule has 0 unspecified atom stereocenters. The highest BCUT2D eigenvalue weighted by atomic mass is 32.2. The number of hydrogen-bond acceptors (Lipinski definition) is 7. The van der Waals surface area contributed by atoms with Crippen molar-refractivity contribution in [3.05, 3.63) is 71.9 Å². The number of carbonyl (C=O) groups is 1.